The van der Waals surface area contributed by atoms with Crippen molar-refractivity contribution in [1.82, 2.24) is 0 Å². The molecule has 272 valence electrons. The number of halogens is 2. The first-order valence-corrected chi connectivity index (χ1v) is 16.5. The Bertz CT molecular complexity index is 1670. The maximum atomic E-state index is 12.7. The van der Waals surface area contributed by atoms with E-state index in [1.54, 1.807) is 18.2 Å². The summed E-state index contributed by atoms with van der Waals surface area (Å²) in [6, 6.07) is 30.6. The molecule has 0 aliphatic rings. The van der Waals surface area contributed by atoms with Gasteiger partial charge in [-0.1, -0.05) is 84.9 Å². The average Bonchev–Trinajstić information content (AvgIpc) is 3.13. The quantitative estimate of drug-likeness (QED) is 0.0586. The zero-order valence-corrected chi connectivity index (χ0v) is 30.2. The van der Waals surface area contributed by atoms with Crippen LogP contribution in [0, 0.1) is 0 Å². The second-order valence-corrected chi connectivity index (χ2v) is 11.1. The number of allylic oxidation sites excluding steroid dienone is 2. The van der Waals surface area contributed by atoms with Crippen molar-refractivity contribution < 1.29 is 69.6 Å². The number of quaternary nitrogens is 2. The van der Waals surface area contributed by atoms with Crippen LogP contribution >= 0.6 is 0 Å². The highest BCUT2D eigenvalue weighted by Gasteiger charge is 2.10. The fourth-order valence-corrected chi connectivity index (χ4v) is 4.56. The first kappa shape index (κ1) is 42.5. The Hall–Kier alpha value is -4.64. The summed E-state index contributed by atoms with van der Waals surface area (Å²) < 4.78 is 29.5. The maximum Gasteiger partial charge on any atom is 0.163 e. The molecule has 0 aromatic heterocycles. The van der Waals surface area contributed by atoms with Gasteiger partial charge in [-0.3, -0.25) is 9.59 Å². The van der Waals surface area contributed by atoms with Gasteiger partial charge in [0.2, 0.25) is 0 Å². The van der Waals surface area contributed by atoms with E-state index in [-0.39, 0.29) is 42.8 Å². The van der Waals surface area contributed by atoms with Crippen molar-refractivity contribution in [1.29, 1.82) is 0 Å². The third kappa shape index (κ3) is 15.8. The Balaban J connectivity index is 0.00000451. The molecule has 0 unspecified atom stereocenters. The minimum Gasteiger partial charge on any atom is -1.00 e. The van der Waals surface area contributed by atoms with Gasteiger partial charge >= 0.3 is 0 Å². The highest BCUT2D eigenvalue weighted by molar-refractivity contribution is 6.10. The molecule has 6 N–H and O–H groups in total. The number of carbonyl (C=O) groups is 2. The maximum absolute atomic E-state index is 12.7. The van der Waals surface area contributed by atoms with Crippen molar-refractivity contribution in [2.24, 2.45) is 0 Å². The van der Waals surface area contributed by atoms with Crippen molar-refractivity contribution in [3.8, 4) is 23.0 Å². The van der Waals surface area contributed by atoms with Crippen molar-refractivity contribution in [3.05, 3.63) is 131 Å². The number of hydrogen-bond acceptors (Lipinski definition) is 7. The molecule has 9 nitrogen and oxygen atoms in total. The Morgan fingerprint density at radius 3 is 1.49 bits per heavy atom. The van der Waals surface area contributed by atoms with E-state index in [1.807, 2.05) is 91.0 Å². The van der Waals surface area contributed by atoms with Crippen LogP contribution in [0.25, 0.3) is 12.2 Å². The van der Waals surface area contributed by atoms with Crippen molar-refractivity contribution >= 4 is 23.7 Å². The van der Waals surface area contributed by atoms with Crippen LogP contribution in [0.3, 0.4) is 0 Å². The van der Waals surface area contributed by atoms with Gasteiger partial charge in [0.1, 0.15) is 19.8 Å². The molecule has 0 fully saturated rings. The van der Waals surface area contributed by atoms with E-state index < -0.39 is 0 Å². The number of ketones is 2. The van der Waals surface area contributed by atoms with E-state index in [4.69, 9.17) is 23.7 Å². The van der Waals surface area contributed by atoms with Gasteiger partial charge in [0.15, 0.2) is 34.6 Å². The lowest BCUT2D eigenvalue weighted by molar-refractivity contribution is -0.374. The summed E-state index contributed by atoms with van der Waals surface area (Å²) in [7, 11) is 0. The molecule has 4 aromatic rings. The van der Waals surface area contributed by atoms with Crippen LogP contribution in [0.4, 0.5) is 0 Å². The summed E-state index contributed by atoms with van der Waals surface area (Å²) in [5, 5.41) is 0. The molecule has 11 heteroatoms. The molecule has 0 atom stereocenters. The summed E-state index contributed by atoms with van der Waals surface area (Å²) in [5.74, 6) is 1.69. The number of rotatable bonds is 22. The minimum atomic E-state index is -0.315. The van der Waals surface area contributed by atoms with Crippen LogP contribution < -0.4 is 55.2 Å². The monoisotopic (exact) mass is 736 g/mol. The average molecular weight is 738 g/mol. The van der Waals surface area contributed by atoms with Gasteiger partial charge in [0.05, 0.1) is 39.3 Å². The number of hydrogen-bond donors (Lipinski definition) is 2. The SMILES string of the molecule is [Cl-].[Cl-].[NH3+]CCCOc1ccc(/C=C/C(=O)CC(=O)/C=C/c2ccc(OCCOCC[NH3+])c(OCc3ccccc3)c2)cc1OCc1ccccc1. The molecule has 0 spiro atoms. The zero-order chi connectivity index (χ0) is 34.5. The second kappa shape index (κ2) is 24.5. The third-order valence-electron chi connectivity index (χ3n) is 7.11. The molecule has 0 amide bonds. The molecule has 0 aliphatic carbocycles. The molecule has 4 aromatic carbocycles. The van der Waals surface area contributed by atoms with Gasteiger partial charge < -0.3 is 60.0 Å². The zero-order valence-electron chi connectivity index (χ0n) is 28.6. The lowest BCUT2D eigenvalue weighted by atomic mass is 10.1. The normalized spacial score (nSPS) is 10.7. The lowest BCUT2D eigenvalue weighted by Crippen LogP contribution is -3.00. The standard InChI is InChI=1S/C40H44N2O7.2ClH/c41-20-7-22-46-37-18-14-31(26-39(37)48-29-33-8-3-1-4-9-33)12-16-35(43)28-36(44)17-13-32-15-19-38(47-25-24-45-23-21-42)40(27-32)49-30-34-10-5-2-6-11-34;;/h1-6,8-19,26-27H,7,20-25,28-30,41-42H2;2*1H/b16-12+,17-13+;;. The van der Waals surface area contributed by atoms with Gasteiger partial charge in [0.25, 0.3) is 0 Å². The van der Waals surface area contributed by atoms with E-state index in [1.165, 1.54) is 12.2 Å². The van der Waals surface area contributed by atoms with Crippen LogP contribution in [0.5, 0.6) is 23.0 Å². The first-order valence-electron chi connectivity index (χ1n) is 16.5. The molecule has 51 heavy (non-hydrogen) atoms. The van der Waals surface area contributed by atoms with E-state index in [2.05, 4.69) is 11.5 Å². The van der Waals surface area contributed by atoms with E-state index >= 15 is 0 Å². The molecule has 0 bridgehead atoms. The summed E-state index contributed by atoms with van der Waals surface area (Å²) in [6.45, 7) is 4.10. The largest absolute Gasteiger partial charge is 1.00 e. The van der Waals surface area contributed by atoms with Crippen molar-refractivity contribution in [3.63, 3.8) is 0 Å². The fraction of sp³-hybridized carbons (Fsp3) is 0.250. The summed E-state index contributed by atoms with van der Waals surface area (Å²) in [6.07, 6.45) is 6.72. The number of carbonyl (C=O) groups excluding carboxylic acids is 2. The molecule has 0 saturated carbocycles. The molecule has 0 aliphatic heterocycles. The molecule has 0 saturated heterocycles. The van der Waals surface area contributed by atoms with Crippen LogP contribution in [-0.2, 0) is 27.5 Å². The number of ether oxygens (including phenoxy) is 5. The van der Waals surface area contributed by atoms with Gasteiger partial charge in [-0.25, -0.2) is 0 Å². The first-order chi connectivity index (χ1) is 24.0. The summed E-state index contributed by atoms with van der Waals surface area (Å²) in [5.41, 5.74) is 11.2. The van der Waals surface area contributed by atoms with Gasteiger partial charge in [-0.15, -0.1) is 0 Å². The topological polar surface area (TPSA) is 136 Å². The van der Waals surface area contributed by atoms with Crippen LogP contribution in [0.2, 0.25) is 0 Å². The molecular formula is C40H46Cl2N2O7. The van der Waals surface area contributed by atoms with E-state index in [0.29, 0.717) is 69.2 Å². The van der Waals surface area contributed by atoms with Crippen molar-refractivity contribution in [2.45, 2.75) is 26.1 Å². The highest BCUT2D eigenvalue weighted by Crippen LogP contribution is 2.31. The summed E-state index contributed by atoms with van der Waals surface area (Å²) >= 11 is 0. The molecular weight excluding hydrogens is 691 g/mol. The second-order valence-electron chi connectivity index (χ2n) is 11.1. The van der Waals surface area contributed by atoms with Crippen LogP contribution in [0.15, 0.2) is 109 Å². The van der Waals surface area contributed by atoms with Gasteiger partial charge in [-0.2, -0.15) is 0 Å². The molecule has 4 rings (SSSR count). The van der Waals surface area contributed by atoms with Crippen LogP contribution in [0.1, 0.15) is 35.1 Å². The van der Waals surface area contributed by atoms with Crippen LogP contribution in [-0.4, -0.2) is 51.1 Å². The molecule has 0 heterocycles. The highest BCUT2D eigenvalue weighted by atomic mass is 35.5. The van der Waals surface area contributed by atoms with Gasteiger partial charge in [0, 0.05) is 6.42 Å². The lowest BCUT2D eigenvalue weighted by Gasteiger charge is -2.14. The third-order valence-corrected chi connectivity index (χ3v) is 7.11. The predicted octanol–water partition coefficient (Wildman–Crippen LogP) is -1.24. The predicted molar refractivity (Wildman–Crippen MR) is 189 cm³/mol. The minimum absolute atomic E-state index is 0. The Morgan fingerprint density at radius 2 is 1.02 bits per heavy atom. The smallest absolute Gasteiger partial charge is 0.163 e. The Kier molecular flexibility index (Phi) is 20.4. The fourth-order valence-electron chi connectivity index (χ4n) is 4.56. The van der Waals surface area contributed by atoms with E-state index in [9.17, 15) is 9.59 Å². The van der Waals surface area contributed by atoms with Crippen molar-refractivity contribution in [2.75, 3.05) is 39.5 Å². The number of benzene rings is 4. The summed E-state index contributed by atoms with van der Waals surface area (Å²) in [4.78, 5) is 25.4. The Morgan fingerprint density at radius 1 is 0.529 bits per heavy atom. The Labute approximate surface area is 312 Å². The van der Waals surface area contributed by atoms with Gasteiger partial charge in [-0.05, 0) is 58.7 Å². The molecule has 0 radical (unpaired) electrons. The van der Waals surface area contributed by atoms with E-state index in [0.717, 1.165) is 35.2 Å².